The molecule has 5 nitrogen and oxygen atoms in total. The van der Waals surface area contributed by atoms with Crippen molar-refractivity contribution in [3.63, 3.8) is 0 Å². The zero-order chi connectivity index (χ0) is 17.6. The van der Waals surface area contributed by atoms with Gasteiger partial charge in [0, 0.05) is 36.4 Å². The van der Waals surface area contributed by atoms with Crippen LogP contribution in [0, 0.1) is 6.92 Å². The van der Waals surface area contributed by atoms with Gasteiger partial charge in [-0.1, -0.05) is 32.0 Å². The summed E-state index contributed by atoms with van der Waals surface area (Å²) < 4.78 is 0. The van der Waals surface area contributed by atoms with E-state index >= 15 is 0 Å². The van der Waals surface area contributed by atoms with Gasteiger partial charge in [-0.25, -0.2) is 4.98 Å². The fraction of sp³-hybridized carbons (Fsp3) is 0.250. The van der Waals surface area contributed by atoms with E-state index in [0.29, 0.717) is 18.4 Å². The number of nitrogens with one attached hydrogen (secondary N) is 2. The van der Waals surface area contributed by atoms with Gasteiger partial charge in [-0.15, -0.1) is 0 Å². The topological polar surface area (TPSA) is 62.7 Å². The van der Waals surface area contributed by atoms with Gasteiger partial charge in [0.1, 0.15) is 5.82 Å². The highest BCUT2D eigenvalue weighted by atomic mass is 15.1. The molecule has 0 radical (unpaired) electrons. The van der Waals surface area contributed by atoms with Gasteiger partial charge in [0.15, 0.2) is 0 Å². The fourth-order valence-corrected chi connectivity index (χ4v) is 2.65. The van der Waals surface area contributed by atoms with Gasteiger partial charge < -0.3 is 10.6 Å². The van der Waals surface area contributed by atoms with E-state index in [4.69, 9.17) is 0 Å². The van der Waals surface area contributed by atoms with Crippen molar-refractivity contribution in [3.05, 3.63) is 71.7 Å². The van der Waals surface area contributed by atoms with Crippen molar-refractivity contribution in [2.45, 2.75) is 33.2 Å². The Hall–Kier alpha value is -2.95. The predicted molar refractivity (Wildman–Crippen MR) is 102 cm³/mol. The Morgan fingerprint density at radius 3 is 2.52 bits per heavy atom. The average Bonchev–Trinajstić information content (AvgIpc) is 2.61. The average molecular weight is 333 g/mol. The van der Waals surface area contributed by atoms with Crippen LogP contribution in [0.2, 0.25) is 0 Å². The van der Waals surface area contributed by atoms with E-state index in [1.165, 1.54) is 5.56 Å². The number of anilines is 3. The molecule has 0 unspecified atom stereocenters. The lowest BCUT2D eigenvalue weighted by Gasteiger charge is -2.15. The van der Waals surface area contributed by atoms with Gasteiger partial charge in [-0.3, -0.25) is 4.98 Å². The van der Waals surface area contributed by atoms with Crippen molar-refractivity contribution in [2.24, 2.45) is 0 Å². The van der Waals surface area contributed by atoms with E-state index in [9.17, 15) is 0 Å². The van der Waals surface area contributed by atoms with E-state index in [0.717, 1.165) is 22.8 Å². The maximum Gasteiger partial charge on any atom is 0.225 e. The third kappa shape index (κ3) is 4.53. The van der Waals surface area contributed by atoms with Crippen LogP contribution in [0.1, 0.15) is 36.6 Å². The molecule has 0 atom stereocenters. The second-order valence-corrected chi connectivity index (χ2v) is 6.29. The minimum Gasteiger partial charge on any atom is -0.350 e. The molecule has 1 aromatic carbocycles. The molecule has 2 heterocycles. The second-order valence-electron chi connectivity index (χ2n) is 6.29. The Morgan fingerprint density at radius 2 is 1.76 bits per heavy atom. The molecule has 0 amide bonds. The normalized spacial score (nSPS) is 10.7. The largest absolute Gasteiger partial charge is 0.350 e. The highest BCUT2D eigenvalue weighted by Gasteiger charge is 2.08. The number of aromatic nitrogens is 3. The van der Waals surface area contributed by atoms with Gasteiger partial charge in [0.25, 0.3) is 0 Å². The Kier molecular flexibility index (Phi) is 5.23. The molecular formula is C20H23N5. The molecule has 3 rings (SSSR count). The Morgan fingerprint density at radius 1 is 1.00 bits per heavy atom. The van der Waals surface area contributed by atoms with Crippen molar-refractivity contribution in [1.29, 1.82) is 0 Å². The number of rotatable bonds is 6. The van der Waals surface area contributed by atoms with Crippen LogP contribution in [0.25, 0.3) is 0 Å². The third-order valence-electron chi connectivity index (χ3n) is 3.90. The summed E-state index contributed by atoms with van der Waals surface area (Å²) in [4.78, 5) is 13.1. The van der Waals surface area contributed by atoms with Crippen molar-refractivity contribution >= 4 is 17.5 Å². The van der Waals surface area contributed by atoms with E-state index in [-0.39, 0.29) is 0 Å². The fourth-order valence-electron chi connectivity index (χ4n) is 2.65. The Labute approximate surface area is 148 Å². The van der Waals surface area contributed by atoms with Crippen LogP contribution in [-0.2, 0) is 6.54 Å². The van der Waals surface area contributed by atoms with E-state index in [1.807, 2.05) is 31.2 Å². The zero-order valence-electron chi connectivity index (χ0n) is 14.8. The van der Waals surface area contributed by atoms with Crippen molar-refractivity contribution in [1.82, 2.24) is 15.0 Å². The molecule has 0 aliphatic carbocycles. The first kappa shape index (κ1) is 16.9. The van der Waals surface area contributed by atoms with Crippen LogP contribution >= 0.6 is 0 Å². The molecule has 0 aliphatic rings. The van der Waals surface area contributed by atoms with Crippen LogP contribution in [0.4, 0.5) is 17.5 Å². The summed E-state index contributed by atoms with van der Waals surface area (Å²) in [6.45, 7) is 7.01. The van der Waals surface area contributed by atoms with Crippen molar-refractivity contribution in [2.75, 3.05) is 10.6 Å². The lowest BCUT2D eigenvalue weighted by molar-refractivity contribution is 0.868. The molecular weight excluding hydrogens is 310 g/mol. The summed E-state index contributed by atoms with van der Waals surface area (Å²) in [5, 5.41) is 6.71. The molecule has 0 aliphatic heterocycles. The molecule has 2 N–H and O–H groups in total. The van der Waals surface area contributed by atoms with Gasteiger partial charge in [-0.2, -0.15) is 4.98 Å². The number of aryl methyl sites for hydroxylation is 1. The predicted octanol–water partition coefficient (Wildman–Crippen LogP) is 4.66. The van der Waals surface area contributed by atoms with E-state index in [1.54, 1.807) is 12.4 Å². The van der Waals surface area contributed by atoms with Crippen LogP contribution in [0.3, 0.4) is 0 Å². The maximum absolute atomic E-state index is 4.60. The van der Waals surface area contributed by atoms with Crippen LogP contribution in [0.5, 0.6) is 0 Å². The second kappa shape index (κ2) is 7.75. The first-order chi connectivity index (χ1) is 12.1. The molecule has 0 spiro atoms. The Bertz CT molecular complexity index is 830. The van der Waals surface area contributed by atoms with Crippen LogP contribution in [0.15, 0.2) is 54.9 Å². The summed E-state index contributed by atoms with van der Waals surface area (Å²) in [5.74, 6) is 1.84. The van der Waals surface area contributed by atoms with E-state index < -0.39 is 0 Å². The van der Waals surface area contributed by atoms with Crippen molar-refractivity contribution in [3.8, 4) is 0 Å². The zero-order valence-corrected chi connectivity index (χ0v) is 14.8. The molecule has 0 fully saturated rings. The summed E-state index contributed by atoms with van der Waals surface area (Å²) >= 11 is 0. The van der Waals surface area contributed by atoms with Crippen LogP contribution < -0.4 is 10.6 Å². The minimum atomic E-state index is 0.441. The van der Waals surface area contributed by atoms with Crippen LogP contribution in [-0.4, -0.2) is 15.0 Å². The van der Waals surface area contributed by atoms with Gasteiger partial charge in [-0.05, 0) is 42.2 Å². The number of benzene rings is 1. The Balaban J connectivity index is 1.78. The molecule has 0 saturated carbocycles. The first-order valence-electron chi connectivity index (χ1n) is 8.46. The molecule has 0 bridgehead atoms. The first-order valence-corrected chi connectivity index (χ1v) is 8.46. The highest BCUT2D eigenvalue weighted by Crippen LogP contribution is 2.26. The molecule has 5 heteroatoms. The van der Waals surface area contributed by atoms with Gasteiger partial charge >= 0.3 is 0 Å². The number of hydrogen-bond donors (Lipinski definition) is 2. The third-order valence-corrected chi connectivity index (χ3v) is 3.90. The number of hydrogen-bond acceptors (Lipinski definition) is 5. The lowest BCUT2D eigenvalue weighted by atomic mass is 10.0. The molecule has 0 saturated heterocycles. The summed E-state index contributed by atoms with van der Waals surface area (Å²) in [6.07, 6.45) is 3.56. The number of pyridine rings is 1. The summed E-state index contributed by atoms with van der Waals surface area (Å²) in [5.41, 5.74) is 4.40. The SMILES string of the molecule is Cc1cc(Nc2ccccc2C(C)C)nc(NCc2ccncc2)n1. The molecule has 128 valence electrons. The lowest BCUT2D eigenvalue weighted by Crippen LogP contribution is -2.07. The number of para-hydroxylation sites is 1. The summed E-state index contributed by atoms with van der Waals surface area (Å²) in [6, 6.07) is 14.2. The van der Waals surface area contributed by atoms with Gasteiger partial charge in [0.05, 0.1) is 0 Å². The van der Waals surface area contributed by atoms with E-state index in [2.05, 4.69) is 57.6 Å². The smallest absolute Gasteiger partial charge is 0.225 e. The number of nitrogens with zero attached hydrogens (tertiary/aromatic N) is 3. The molecule has 2 aromatic heterocycles. The maximum atomic E-state index is 4.60. The monoisotopic (exact) mass is 333 g/mol. The standard InChI is InChI=1S/C20H23N5/c1-14(2)17-6-4-5-7-18(17)24-19-12-15(3)23-20(25-19)22-13-16-8-10-21-11-9-16/h4-12,14H,13H2,1-3H3,(H2,22,23,24,25). The summed E-state index contributed by atoms with van der Waals surface area (Å²) in [7, 11) is 0. The minimum absolute atomic E-state index is 0.441. The van der Waals surface area contributed by atoms with Crippen molar-refractivity contribution < 1.29 is 0 Å². The highest BCUT2D eigenvalue weighted by molar-refractivity contribution is 5.62. The quantitative estimate of drug-likeness (QED) is 0.687. The molecule has 3 aromatic rings. The molecule has 25 heavy (non-hydrogen) atoms. The van der Waals surface area contributed by atoms with Gasteiger partial charge in [0.2, 0.25) is 5.95 Å².